The minimum absolute atomic E-state index is 0.00625. The van der Waals surface area contributed by atoms with Gasteiger partial charge in [0.15, 0.2) is 11.5 Å². The van der Waals surface area contributed by atoms with Crippen molar-refractivity contribution in [2.24, 2.45) is 5.92 Å². The smallest absolute Gasteiger partial charge is 0.165 e. The van der Waals surface area contributed by atoms with Crippen molar-refractivity contribution in [1.82, 2.24) is 19.7 Å². The molecule has 2 fully saturated rings. The molecule has 61 heavy (non-hydrogen) atoms. The van der Waals surface area contributed by atoms with Crippen molar-refractivity contribution in [1.29, 1.82) is 0 Å². The van der Waals surface area contributed by atoms with Crippen LogP contribution in [0, 0.1) is 5.92 Å². The summed E-state index contributed by atoms with van der Waals surface area (Å²) in [5, 5.41) is 11.4. The summed E-state index contributed by atoms with van der Waals surface area (Å²) in [5.41, 5.74) is 7.81. The van der Waals surface area contributed by atoms with E-state index < -0.39 is 0 Å². The van der Waals surface area contributed by atoms with E-state index in [1.807, 2.05) is 48.3 Å². The van der Waals surface area contributed by atoms with Crippen molar-refractivity contribution in [2.75, 3.05) is 66.9 Å². The number of aromatic nitrogens is 1. The summed E-state index contributed by atoms with van der Waals surface area (Å²) in [6.07, 6.45) is 6.59. The molecule has 10 heteroatoms. The predicted molar refractivity (Wildman–Crippen MR) is 250 cm³/mol. The second kappa shape index (κ2) is 18.7. The molecule has 2 unspecified atom stereocenters. The van der Waals surface area contributed by atoms with Crippen LogP contribution in [-0.4, -0.2) is 111 Å². The van der Waals surface area contributed by atoms with Crippen molar-refractivity contribution in [2.45, 2.75) is 84.4 Å². The van der Waals surface area contributed by atoms with Crippen LogP contribution in [0.15, 0.2) is 119 Å². The molecular weight excluding hydrogens is 798 g/mol. The first kappa shape index (κ1) is 43.6. The molecule has 4 aromatic carbocycles. The molecule has 4 heterocycles. The van der Waals surface area contributed by atoms with E-state index in [0.29, 0.717) is 23.9 Å². The number of ether oxygens (including phenoxy) is 2. The summed E-state index contributed by atoms with van der Waals surface area (Å²) >= 11 is 7.83. The Morgan fingerprint density at radius 2 is 1.61 bits per heavy atom. The molecule has 8 nitrogen and oxygen atoms in total. The first-order chi connectivity index (χ1) is 29.5. The van der Waals surface area contributed by atoms with Crippen LogP contribution < -0.4 is 14.4 Å². The van der Waals surface area contributed by atoms with Crippen molar-refractivity contribution in [3.05, 3.63) is 137 Å². The van der Waals surface area contributed by atoms with Gasteiger partial charge in [0.05, 0.1) is 24.6 Å². The monoisotopic (exact) mass is 859 g/mol. The van der Waals surface area contributed by atoms with E-state index >= 15 is 0 Å². The Hall–Kier alpha value is -4.09. The predicted octanol–water partition coefficient (Wildman–Crippen LogP) is 9.78. The van der Waals surface area contributed by atoms with Gasteiger partial charge in [0.1, 0.15) is 6.10 Å². The van der Waals surface area contributed by atoms with Crippen LogP contribution in [0.1, 0.15) is 60.9 Å². The molecule has 5 aromatic rings. The van der Waals surface area contributed by atoms with Crippen LogP contribution in [0.2, 0.25) is 5.02 Å². The topological polar surface area (TPSA) is 64.5 Å². The maximum atomic E-state index is 10.6. The van der Waals surface area contributed by atoms with Crippen LogP contribution in [-0.2, 0) is 11.8 Å². The lowest BCUT2D eigenvalue weighted by molar-refractivity contribution is -0.0993. The number of pyridine rings is 1. The molecule has 1 spiro atoms. The van der Waals surface area contributed by atoms with Crippen molar-refractivity contribution < 1.29 is 14.6 Å². The van der Waals surface area contributed by atoms with Crippen LogP contribution in [0.4, 0.5) is 11.4 Å². The summed E-state index contributed by atoms with van der Waals surface area (Å²) in [6, 6.07) is 36.9. The molecule has 2 aliphatic carbocycles. The number of likely N-dealkylation sites (N-methyl/N-ethyl adjacent to an activating group) is 2. The number of aliphatic hydroxyl groups excluding tert-OH is 1. The Labute approximate surface area is 372 Å². The Morgan fingerprint density at radius 3 is 2.25 bits per heavy atom. The van der Waals surface area contributed by atoms with E-state index in [0.717, 1.165) is 74.0 Å². The van der Waals surface area contributed by atoms with E-state index in [1.165, 1.54) is 37.9 Å². The highest BCUT2D eigenvalue weighted by Crippen LogP contribution is 2.63. The normalized spacial score (nSPS) is 23.9. The third-order valence-corrected chi connectivity index (χ3v) is 15.2. The average Bonchev–Trinajstić information content (AvgIpc) is 3.63. The van der Waals surface area contributed by atoms with Crippen molar-refractivity contribution >= 4 is 34.7 Å². The zero-order chi connectivity index (χ0) is 42.8. The zero-order valence-corrected chi connectivity index (χ0v) is 38.4. The van der Waals surface area contributed by atoms with Gasteiger partial charge in [-0.1, -0.05) is 71.9 Å². The third kappa shape index (κ3) is 8.67. The van der Waals surface area contributed by atoms with Crippen molar-refractivity contribution in [3.63, 3.8) is 0 Å². The molecule has 0 radical (unpaired) electrons. The first-order valence-electron chi connectivity index (χ1n) is 21.9. The number of anilines is 2. The molecule has 1 saturated heterocycles. The number of fused-ring (bicyclic) bond motifs is 2. The lowest BCUT2D eigenvalue weighted by atomic mass is 9.51. The average molecular weight is 861 g/mol. The van der Waals surface area contributed by atoms with Crippen LogP contribution in [0.3, 0.4) is 0 Å². The largest absolute Gasteiger partial charge is 0.493 e. The van der Waals surface area contributed by atoms with Gasteiger partial charge in [0.2, 0.25) is 0 Å². The number of halogens is 1. The highest BCUT2D eigenvalue weighted by atomic mass is 35.5. The molecular formula is C51H62ClN5O3S. The molecule has 1 N–H and O–H groups in total. The van der Waals surface area contributed by atoms with Gasteiger partial charge in [-0.05, 0) is 159 Å². The van der Waals surface area contributed by atoms with Crippen molar-refractivity contribution in [3.8, 4) is 11.5 Å². The minimum Gasteiger partial charge on any atom is -0.493 e. The minimum atomic E-state index is -0.358. The van der Waals surface area contributed by atoms with Crippen LogP contribution in [0.5, 0.6) is 11.5 Å². The van der Waals surface area contributed by atoms with E-state index in [2.05, 4.69) is 140 Å². The summed E-state index contributed by atoms with van der Waals surface area (Å²) in [6.45, 7) is 5.39. The lowest BCUT2D eigenvalue weighted by Crippen LogP contribution is -2.66. The van der Waals surface area contributed by atoms with Gasteiger partial charge in [0, 0.05) is 62.2 Å². The number of methoxy groups -OCH3 is 1. The molecule has 3 aliphatic heterocycles. The number of nitrogens with zero attached hydrogens (tertiary/aromatic N) is 5. The van der Waals surface area contributed by atoms with Gasteiger partial charge >= 0.3 is 0 Å². The fraction of sp³-hybridized carbons (Fsp3) is 0.431. The van der Waals surface area contributed by atoms with E-state index in [-0.39, 0.29) is 17.6 Å². The molecule has 322 valence electrons. The third-order valence-electron chi connectivity index (χ3n) is 13.8. The molecule has 10 rings (SSSR count). The number of piperidine rings is 1. The Balaban J connectivity index is 0.000000127. The first-order valence-corrected chi connectivity index (χ1v) is 23.1. The Kier molecular flexibility index (Phi) is 13.4. The second-order valence-electron chi connectivity index (χ2n) is 17.9. The van der Waals surface area contributed by atoms with Gasteiger partial charge in [-0.3, -0.25) is 4.98 Å². The van der Waals surface area contributed by atoms with E-state index in [4.69, 9.17) is 21.1 Å². The molecule has 1 aromatic heterocycles. The number of benzene rings is 4. The number of aliphatic hydroxyl groups is 1. The maximum Gasteiger partial charge on any atom is 0.165 e. The fourth-order valence-electron chi connectivity index (χ4n) is 10.4. The Bertz CT molecular complexity index is 2210. The van der Waals surface area contributed by atoms with Gasteiger partial charge < -0.3 is 34.2 Å². The lowest BCUT2D eigenvalue weighted by Gasteiger charge is -2.58. The summed E-state index contributed by atoms with van der Waals surface area (Å²) < 4.78 is 11.9. The standard InChI is InChI=1S/C18H23NO3.C17H20N2S.C16H19ClN2/c1-19-8-7-18-11-4-5-13(20)17(18)22-16-14(21-2)6-3-10(15(16)18)9-12(11)19;1-13(18(2)3)12-19-14-8-4-6-10-16(14)20-17-11-7-5-9-15(17)19;1-19(2)12-10-15(16-5-3-4-11-18-16)13-6-8-14(17)9-7-13/h3,6,11-13,17,20H,4-5,7-9H2,1-2H3;4-11,13H,12H2,1-3H3;3-9,11,15H,10,12H2,1-2H3/t11-,12+,13-,17-,18-;;/m0../s1. The van der Waals surface area contributed by atoms with E-state index in [9.17, 15) is 5.11 Å². The van der Waals surface area contributed by atoms with Crippen LogP contribution >= 0.6 is 23.4 Å². The SMILES string of the molecule is CC(CN1c2ccccc2Sc2ccccc21)N(C)C.CN(C)CCC(c1ccc(Cl)cc1)c1ccccn1.COc1ccc2c3c1O[C@H]1[C@@H](O)CC[C@H]4[C@@H](C2)N(C)CC[C@@]341. The number of hydrogen-bond donors (Lipinski definition) is 1. The summed E-state index contributed by atoms with van der Waals surface area (Å²) in [7, 11) is 12.4. The number of rotatable bonds is 9. The second-order valence-corrected chi connectivity index (χ2v) is 19.4. The maximum absolute atomic E-state index is 10.6. The fourth-order valence-corrected chi connectivity index (χ4v) is 11.6. The summed E-state index contributed by atoms with van der Waals surface area (Å²) in [4.78, 5) is 16.6. The van der Waals surface area contributed by atoms with Crippen LogP contribution in [0.25, 0.3) is 0 Å². The highest BCUT2D eigenvalue weighted by molar-refractivity contribution is 7.99. The van der Waals surface area contributed by atoms with Gasteiger partial charge in [-0.2, -0.15) is 0 Å². The molecule has 2 bridgehead atoms. The zero-order valence-electron chi connectivity index (χ0n) is 36.8. The highest BCUT2D eigenvalue weighted by Gasteiger charge is 2.65. The van der Waals surface area contributed by atoms with Gasteiger partial charge in [0.25, 0.3) is 0 Å². The number of likely N-dealkylation sites (tertiary alicyclic amines) is 1. The molecule has 0 amide bonds. The molecule has 7 atom stereocenters. The van der Waals surface area contributed by atoms with Gasteiger partial charge in [-0.15, -0.1) is 0 Å². The molecule has 5 aliphatic rings. The summed E-state index contributed by atoms with van der Waals surface area (Å²) in [5.74, 6) is 2.66. The van der Waals surface area contributed by atoms with E-state index in [1.54, 1.807) is 7.11 Å². The molecule has 1 saturated carbocycles. The van der Waals surface area contributed by atoms with Gasteiger partial charge in [-0.25, -0.2) is 0 Å². The number of para-hydroxylation sites is 2. The Morgan fingerprint density at radius 1 is 0.918 bits per heavy atom. The number of hydrogen-bond acceptors (Lipinski definition) is 9. The quantitative estimate of drug-likeness (QED) is 0.156.